The number of carbonyl (C=O) groups excluding carboxylic acids is 2. The van der Waals surface area contributed by atoms with Gasteiger partial charge in [-0.05, 0) is 62.1 Å². The Hall–Kier alpha value is -3.22. The van der Waals surface area contributed by atoms with E-state index in [1.807, 2.05) is 36.9 Å². The molecule has 0 aliphatic carbocycles. The second-order valence-corrected chi connectivity index (χ2v) is 7.69. The Morgan fingerprint density at radius 1 is 1.10 bits per heavy atom. The molecule has 2 aliphatic rings. The first-order valence-electron chi connectivity index (χ1n) is 10.2. The lowest BCUT2D eigenvalue weighted by Crippen LogP contribution is -2.47. The van der Waals surface area contributed by atoms with Gasteiger partial charge in [-0.15, -0.1) is 0 Å². The minimum Gasteiger partial charge on any atom is -0.483 e. The lowest BCUT2D eigenvalue weighted by molar-refractivity contribution is -0.124. The molecule has 0 unspecified atom stereocenters. The average molecular weight is 410 g/mol. The molecule has 2 aliphatic heterocycles. The van der Waals surface area contributed by atoms with E-state index in [0.717, 1.165) is 16.9 Å². The number of hydrogen-bond acceptors (Lipinski definition) is 5. The number of piperidine rings is 1. The van der Waals surface area contributed by atoms with E-state index in [1.165, 1.54) is 0 Å². The number of rotatable bonds is 5. The van der Waals surface area contributed by atoms with Crippen LogP contribution in [-0.2, 0) is 4.79 Å². The van der Waals surface area contributed by atoms with Gasteiger partial charge >= 0.3 is 0 Å². The Morgan fingerprint density at radius 2 is 1.87 bits per heavy atom. The van der Waals surface area contributed by atoms with Gasteiger partial charge in [0.05, 0.1) is 0 Å². The maximum absolute atomic E-state index is 12.8. The number of aryl methyl sites for hydroxylation is 1. The maximum atomic E-state index is 12.8. The van der Waals surface area contributed by atoms with Crippen LogP contribution in [0.25, 0.3) is 0 Å². The van der Waals surface area contributed by atoms with Gasteiger partial charge in [-0.2, -0.15) is 0 Å². The molecule has 2 aromatic carbocycles. The van der Waals surface area contributed by atoms with Gasteiger partial charge in [0.15, 0.2) is 18.1 Å². The minimum atomic E-state index is -0.142. The Kier molecular flexibility index (Phi) is 5.79. The predicted octanol–water partition coefficient (Wildman–Crippen LogP) is 2.83. The van der Waals surface area contributed by atoms with Crippen molar-refractivity contribution in [2.45, 2.75) is 32.7 Å². The molecular weight excluding hydrogens is 384 g/mol. The second kappa shape index (κ2) is 8.65. The fourth-order valence-corrected chi connectivity index (χ4v) is 3.73. The molecule has 1 N–H and O–H groups in total. The number of nitrogens with zero attached hydrogens (tertiary/aromatic N) is 1. The van der Waals surface area contributed by atoms with Crippen molar-refractivity contribution in [1.29, 1.82) is 0 Å². The first-order chi connectivity index (χ1) is 14.5. The smallest absolute Gasteiger partial charge is 0.258 e. The van der Waals surface area contributed by atoms with Crippen LogP contribution in [0.3, 0.4) is 0 Å². The fraction of sp³-hybridized carbons (Fsp3) is 0.391. The Balaban J connectivity index is 1.24. The number of amides is 2. The molecule has 0 aromatic heterocycles. The SMILES string of the molecule is Cc1cccc(OCC(=O)NC2CCN(C(=O)c3ccc4c(c3)OCO4)CC2)c1C. The first-order valence-corrected chi connectivity index (χ1v) is 10.2. The summed E-state index contributed by atoms with van der Waals surface area (Å²) >= 11 is 0. The molecule has 0 atom stereocenters. The number of benzene rings is 2. The van der Waals surface area contributed by atoms with E-state index in [9.17, 15) is 9.59 Å². The lowest BCUT2D eigenvalue weighted by Gasteiger charge is -2.32. The summed E-state index contributed by atoms with van der Waals surface area (Å²) in [6, 6.07) is 11.1. The largest absolute Gasteiger partial charge is 0.483 e. The van der Waals surface area contributed by atoms with Crippen molar-refractivity contribution in [3.63, 3.8) is 0 Å². The monoisotopic (exact) mass is 410 g/mol. The van der Waals surface area contributed by atoms with Crippen LogP contribution in [0.4, 0.5) is 0 Å². The summed E-state index contributed by atoms with van der Waals surface area (Å²) in [7, 11) is 0. The standard InChI is InChI=1S/C23H26N2O5/c1-15-4-3-5-19(16(15)2)28-13-22(26)24-18-8-10-25(11-9-18)23(27)17-6-7-20-21(12-17)30-14-29-20/h3-7,12,18H,8-11,13-14H2,1-2H3,(H,24,26). The number of fused-ring (bicyclic) bond motifs is 1. The summed E-state index contributed by atoms with van der Waals surface area (Å²) in [5, 5.41) is 3.02. The normalized spacial score (nSPS) is 15.7. The Morgan fingerprint density at radius 3 is 2.67 bits per heavy atom. The number of nitrogens with one attached hydrogen (secondary N) is 1. The van der Waals surface area contributed by atoms with E-state index in [2.05, 4.69) is 5.32 Å². The van der Waals surface area contributed by atoms with Crippen LogP contribution in [0, 0.1) is 13.8 Å². The highest BCUT2D eigenvalue weighted by Gasteiger charge is 2.26. The van der Waals surface area contributed by atoms with E-state index in [0.29, 0.717) is 43.0 Å². The van der Waals surface area contributed by atoms with Gasteiger partial charge in [-0.1, -0.05) is 12.1 Å². The van der Waals surface area contributed by atoms with Crippen LogP contribution in [0.5, 0.6) is 17.2 Å². The van der Waals surface area contributed by atoms with Gasteiger partial charge in [0, 0.05) is 24.7 Å². The molecule has 0 radical (unpaired) electrons. The van der Waals surface area contributed by atoms with Gasteiger partial charge in [0.25, 0.3) is 11.8 Å². The van der Waals surface area contributed by atoms with Crippen LogP contribution in [0.2, 0.25) is 0 Å². The molecule has 2 heterocycles. The fourth-order valence-electron chi connectivity index (χ4n) is 3.73. The zero-order chi connectivity index (χ0) is 21.1. The Labute approximate surface area is 175 Å². The third-order valence-electron chi connectivity index (χ3n) is 5.68. The lowest BCUT2D eigenvalue weighted by atomic mass is 10.0. The zero-order valence-corrected chi connectivity index (χ0v) is 17.3. The van der Waals surface area contributed by atoms with Crippen LogP contribution in [0.15, 0.2) is 36.4 Å². The number of hydrogen-bond donors (Lipinski definition) is 1. The topological polar surface area (TPSA) is 77.1 Å². The van der Waals surface area contributed by atoms with Crippen molar-refractivity contribution >= 4 is 11.8 Å². The molecule has 1 fully saturated rings. The third-order valence-corrected chi connectivity index (χ3v) is 5.68. The highest BCUT2D eigenvalue weighted by atomic mass is 16.7. The van der Waals surface area contributed by atoms with E-state index in [-0.39, 0.29) is 31.3 Å². The van der Waals surface area contributed by atoms with E-state index < -0.39 is 0 Å². The molecule has 0 saturated carbocycles. The number of likely N-dealkylation sites (tertiary alicyclic amines) is 1. The van der Waals surface area contributed by atoms with Gasteiger partial charge in [0.2, 0.25) is 6.79 Å². The van der Waals surface area contributed by atoms with Crippen molar-refractivity contribution < 1.29 is 23.8 Å². The number of carbonyl (C=O) groups is 2. The molecule has 158 valence electrons. The van der Waals surface area contributed by atoms with Crippen LogP contribution in [-0.4, -0.2) is 49.2 Å². The highest BCUT2D eigenvalue weighted by Crippen LogP contribution is 2.33. The van der Waals surface area contributed by atoms with Crippen LogP contribution in [0.1, 0.15) is 34.3 Å². The number of ether oxygens (including phenoxy) is 3. The van der Waals surface area contributed by atoms with Crippen LogP contribution >= 0.6 is 0 Å². The molecule has 4 rings (SSSR count). The zero-order valence-electron chi connectivity index (χ0n) is 17.3. The maximum Gasteiger partial charge on any atom is 0.258 e. The highest BCUT2D eigenvalue weighted by molar-refractivity contribution is 5.95. The van der Waals surface area contributed by atoms with Crippen molar-refractivity contribution in [2.75, 3.05) is 26.5 Å². The quantitative estimate of drug-likeness (QED) is 0.820. The molecule has 7 nitrogen and oxygen atoms in total. The molecule has 7 heteroatoms. The van der Waals surface area contributed by atoms with E-state index in [1.54, 1.807) is 18.2 Å². The average Bonchev–Trinajstić information content (AvgIpc) is 3.23. The summed E-state index contributed by atoms with van der Waals surface area (Å²) in [6.07, 6.45) is 1.43. The summed E-state index contributed by atoms with van der Waals surface area (Å²) in [6.45, 7) is 5.36. The molecule has 0 spiro atoms. The molecule has 0 bridgehead atoms. The molecule has 2 amide bonds. The van der Waals surface area contributed by atoms with Gasteiger partial charge in [0.1, 0.15) is 5.75 Å². The van der Waals surface area contributed by atoms with Gasteiger partial charge < -0.3 is 24.4 Å². The summed E-state index contributed by atoms with van der Waals surface area (Å²) in [4.78, 5) is 26.9. The van der Waals surface area contributed by atoms with E-state index >= 15 is 0 Å². The summed E-state index contributed by atoms with van der Waals surface area (Å²) in [5.74, 6) is 1.82. The van der Waals surface area contributed by atoms with Crippen molar-refractivity contribution in [2.24, 2.45) is 0 Å². The summed E-state index contributed by atoms with van der Waals surface area (Å²) < 4.78 is 16.3. The van der Waals surface area contributed by atoms with Gasteiger partial charge in [-0.3, -0.25) is 9.59 Å². The third kappa shape index (κ3) is 4.35. The first kappa shape index (κ1) is 20.1. The van der Waals surface area contributed by atoms with Gasteiger partial charge in [-0.25, -0.2) is 0 Å². The molecular formula is C23H26N2O5. The van der Waals surface area contributed by atoms with Crippen molar-refractivity contribution in [3.05, 3.63) is 53.1 Å². The minimum absolute atomic E-state index is 0.0133. The molecule has 1 saturated heterocycles. The predicted molar refractivity (Wildman–Crippen MR) is 111 cm³/mol. The van der Waals surface area contributed by atoms with Crippen LogP contribution < -0.4 is 19.5 Å². The Bertz CT molecular complexity index is 951. The molecule has 30 heavy (non-hydrogen) atoms. The second-order valence-electron chi connectivity index (χ2n) is 7.69. The van der Waals surface area contributed by atoms with Crippen molar-refractivity contribution in [1.82, 2.24) is 10.2 Å². The summed E-state index contributed by atoms with van der Waals surface area (Å²) in [5.41, 5.74) is 2.76. The molecule has 2 aromatic rings. The van der Waals surface area contributed by atoms with E-state index in [4.69, 9.17) is 14.2 Å². The van der Waals surface area contributed by atoms with Crippen molar-refractivity contribution in [3.8, 4) is 17.2 Å².